The molecule has 1 unspecified atom stereocenters. The average molecular weight is 583 g/mol. The number of carbonyl (C=O) groups excluding carboxylic acids is 1. The largest absolute Gasteiger partial charge is 0.476 e. The van der Waals surface area contributed by atoms with E-state index in [1.54, 1.807) is 22.9 Å². The highest BCUT2D eigenvalue weighted by Crippen LogP contribution is 2.28. The Kier molecular flexibility index (Phi) is 8.03. The summed E-state index contributed by atoms with van der Waals surface area (Å²) >= 11 is 3.57. The van der Waals surface area contributed by atoms with Crippen molar-refractivity contribution in [2.24, 2.45) is 0 Å². The predicted octanol–water partition coefficient (Wildman–Crippen LogP) is 7.04. The second kappa shape index (κ2) is 12.0. The number of para-hydroxylation sites is 1. The molecule has 2 aromatic heterocycles. The summed E-state index contributed by atoms with van der Waals surface area (Å²) in [7, 11) is 0. The quantitative estimate of drug-likeness (QED) is 0.182. The minimum atomic E-state index is -0.733. The summed E-state index contributed by atoms with van der Waals surface area (Å²) in [6.07, 6.45) is 4.55. The van der Waals surface area contributed by atoms with Crippen molar-refractivity contribution in [1.29, 1.82) is 0 Å². The van der Waals surface area contributed by atoms with Crippen molar-refractivity contribution in [1.82, 2.24) is 14.6 Å². The second-order valence-electron chi connectivity index (χ2n) is 8.99. The van der Waals surface area contributed by atoms with Crippen molar-refractivity contribution in [3.63, 3.8) is 0 Å². The predicted molar refractivity (Wildman–Crippen MR) is 159 cm³/mol. The van der Waals surface area contributed by atoms with Crippen LogP contribution in [0, 0.1) is 6.92 Å². The van der Waals surface area contributed by atoms with Gasteiger partial charge in [0.15, 0.2) is 11.8 Å². The number of hydrogen-bond donors (Lipinski definition) is 2. The molecule has 196 valence electrons. The molecule has 1 amide bonds. The van der Waals surface area contributed by atoms with E-state index in [-0.39, 0.29) is 5.91 Å². The lowest BCUT2D eigenvalue weighted by molar-refractivity contribution is -0.120. The Morgan fingerprint density at radius 3 is 2.54 bits per heavy atom. The Bertz CT molecular complexity index is 1610. The number of hydrogen-bond acceptors (Lipinski definition) is 5. The standard InChI is InChI=1S/C31H28BrN5O2/c1-3-9-28(39-24-11-5-4-6-12-24)31(38)35-23-16-14-22(15-17-23)19-33-29-18-27(25-13-8-7-10-21(25)2)36-30-26(32)20-34-37(29)30/h3-18,20,28,33H,19H2,1-2H3,(H,35,38)/b9-3-. The van der Waals surface area contributed by atoms with Crippen molar-refractivity contribution >= 4 is 39.0 Å². The number of amides is 1. The lowest BCUT2D eigenvalue weighted by Gasteiger charge is -2.16. The number of benzene rings is 3. The van der Waals surface area contributed by atoms with Gasteiger partial charge in [-0.25, -0.2) is 4.98 Å². The van der Waals surface area contributed by atoms with Crippen LogP contribution >= 0.6 is 15.9 Å². The number of nitrogens with one attached hydrogen (secondary N) is 2. The first-order valence-corrected chi connectivity index (χ1v) is 13.4. The van der Waals surface area contributed by atoms with E-state index in [1.807, 2.05) is 79.7 Å². The maximum Gasteiger partial charge on any atom is 0.269 e. The summed E-state index contributed by atoms with van der Waals surface area (Å²) in [5.74, 6) is 1.22. The van der Waals surface area contributed by atoms with E-state index in [1.165, 1.54) is 0 Å². The van der Waals surface area contributed by atoms with Crippen molar-refractivity contribution in [3.05, 3.63) is 119 Å². The fraction of sp³-hybridized carbons (Fsp3) is 0.129. The number of aromatic nitrogens is 3. The van der Waals surface area contributed by atoms with E-state index in [0.29, 0.717) is 18.0 Å². The van der Waals surface area contributed by atoms with Gasteiger partial charge >= 0.3 is 0 Å². The second-order valence-corrected chi connectivity index (χ2v) is 9.84. The van der Waals surface area contributed by atoms with Gasteiger partial charge in [-0.05, 0) is 71.2 Å². The molecule has 39 heavy (non-hydrogen) atoms. The smallest absolute Gasteiger partial charge is 0.269 e. The Hall–Kier alpha value is -4.43. The van der Waals surface area contributed by atoms with Gasteiger partial charge in [-0.3, -0.25) is 4.79 Å². The molecule has 0 saturated heterocycles. The molecule has 0 saturated carbocycles. The van der Waals surface area contributed by atoms with Gasteiger partial charge in [-0.1, -0.05) is 60.7 Å². The lowest BCUT2D eigenvalue weighted by Crippen LogP contribution is -2.31. The number of ether oxygens (including phenoxy) is 1. The highest BCUT2D eigenvalue weighted by atomic mass is 79.9. The summed E-state index contributed by atoms with van der Waals surface area (Å²) in [5, 5.41) is 10.9. The lowest BCUT2D eigenvalue weighted by atomic mass is 10.1. The number of allylic oxidation sites excluding steroid dienone is 1. The molecular formula is C31H28BrN5O2. The Balaban J connectivity index is 1.29. The van der Waals surface area contributed by atoms with Crippen LogP contribution in [0.4, 0.5) is 11.5 Å². The van der Waals surface area contributed by atoms with Crippen LogP contribution in [0.15, 0.2) is 108 Å². The van der Waals surface area contributed by atoms with Gasteiger partial charge in [0.05, 0.1) is 16.4 Å². The van der Waals surface area contributed by atoms with Gasteiger partial charge in [0.25, 0.3) is 5.91 Å². The van der Waals surface area contributed by atoms with E-state index < -0.39 is 6.10 Å². The van der Waals surface area contributed by atoms with Crippen LogP contribution < -0.4 is 15.4 Å². The van der Waals surface area contributed by atoms with E-state index in [4.69, 9.17) is 9.72 Å². The van der Waals surface area contributed by atoms with Crippen molar-refractivity contribution in [3.8, 4) is 17.0 Å². The molecule has 0 spiro atoms. The van der Waals surface area contributed by atoms with Crippen LogP contribution in [-0.2, 0) is 11.3 Å². The zero-order valence-corrected chi connectivity index (χ0v) is 23.2. The van der Waals surface area contributed by atoms with E-state index in [2.05, 4.69) is 50.7 Å². The first-order chi connectivity index (χ1) is 19.0. The third-order valence-electron chi connectivity index (χ3n) is 6.18. The zero-order chi connectivity index (χ0) is 27.2. The normalized spacial score (nSPS) is 12.0. The van der Waals surface area contributed by atoms with Gasteiger partial charge < -0.3 is 15.4 Å². The third-order valence-corrected chi connectivity index (χ3v) is 6.74. The third kappa shape index (κ3) is 6.18. The van der Waals surface area contributed by atoms with Gasteiger partial charge in [0.2, 0.25) is 0 Å². The summed E-state index contributed by atoms with van der Waals surface area (Å²) in [6.45, 7) is 4.50. The molecule has 8 heteroatoms. The molecule has 0 radical (unpaired) electrons. The van der Waals surface area contributed by atoms with Crippen LogP contribution in [0.25, 0.3) is 16.9 Å². The summed E-state index contributed by atoms with van der Waals surface area (Å²) in [4.78, 5) is 17.7. The van der Waals surface area contributed by atoms with Crippen LogP contribution in [0.5, 0.6) is 5.75 Å². The first-order valence-electron chi connectivity index (χ1n) is 12.6. The van der Waals surface area contributed by atoms with Gasteiger partial charge in [0.1, 0.15) is 11.6 Å². The number of nitrogens with zero attached hydrogens (tertiary/aromatic N) is 3. The Morgan fingerprint density at radius 2 is 1.79 bits per heavy atom. The minimum absolute atomic E-state index is 0.241. The fourth-order valence-electron chi connectivity index (χ4n) is 4.17. The topological polar surface area (TPSA) is 80.5 Å². The molecule has 2 N–H and O–H groups in total. The van der Waals surface area contributed by atoms with Crippen molar-refractivity contribution in [2.45, 2.75) is 26.5 Å². The number of fused-ring (bicyclic) bond motifs is 1. The summed E-state index contributed by atoms with van der Waals surface area (Å²) < 4.78 is 8.47. The fourth-order valence-corrected chi connectivity index (χ4v) is 4.52. The molecule has 1 atom stereocenters. The molecule has 7 nitrogen and oxygen atoms in total. The number of anilines is 2. The van der Waals surface area contributed by atoms with Crippen molar-refractivity contribution < 1.29 is 9.53 Å². The maximum absolute atomic E-state index is 12.9. The summed E-state index contributed by atoms with van der Waals surface area (Å²) in [5.41, 5.74) is 5.58. The van der Waals surface area contributed by atoms with E-state index in [9.17, 15) is 4.79 Å². The molecule has 0 aliphatic rings. The highest BCUT2D eigenvalue weighted by Gasteiger charge is 2.17. The summed E-state index contributed by atoms with van der Waals surface area (Å²) in [6, 6.07) is 27.2. The van der Waals surface area contributed by atoms with Crippen LogP contribution in [0.3, 0.4) is 0 Å². The van der Waals surface area contributed by atoms with Gasteiger partial charge in [-0.15, -0.1) is 0 Å². The van der Waals surface area contributed by atoms with Gasteiger partial charge in [0, 0.05) is 23.9 Å². The SMILES string of the molecule is C/C=C\C(Oc1ccccc1)C(=O)Nc1ccc(CNc2cc(-c3ccccc3C)nc3c(Br)cnn23)cc1. The molecule has 0 aliphatic heterocycles. The minimum Gasteiger partial charge on any atom is -0.476 e. The molecule has 0 aliphatic carbocycles. The highest BCUT2D eigenvalue weighted by molar-refractivity contribution is 9.10. The number of aryl methyl sites for hydroxylation is 1. The number of halogens is 1. The average Bonchev–Trinajstić information content (AvgIpc) is 3.33. The van der Waals surface area contributed by atoms with Crippen molar-refractivity contribution in [2.75, 3.05) is 10.6 Å². The zero-order valence-electron chi connectivity index (χ0n) is 21.6. The monoisotopic (exact) mass is 581 g/mol. The number of carbonyl (C=O) groups is 1. The Morgan fingerprint density at radius 1 is 1.05 bits per heavy atom. The molecule has 0 fully saturated rings. The number of rotatable bonds is 9. The first kappa shape index (κ1) is 26.2. The molecule has 3 aromatic carbocycles. The maximum atomic E-state index is 12.9. The van der Waals surface area contributed by atoms with Gasteiger partial charge in [-0.2, -0.15) is 9.61 Å². The molecule has 5 rings (SSSR count). The molecular weight excluding hydrogens is 554 g/mol. The van der Waals surface area contributed by atoms with E-state index in [0.717, 1.165) is 38.3 Å². The van der Waals surface area contributed by atoms with Crippen LogP contribution in [0.1, 0.15) is 18.1 Å². The van der Waals surface area contributed by atoms with Crippen LogP contribution in [0.2, 0.25) is 0 Å². The van der Waals surface area contributed by atoms with E-state index >= 15 is 0 Å². The molecule has 2 heterocycles. The molecule has 5 aromatic rings. The Labute approximate surface area is 235 Å². The molecule has 0 bridgehead atoms. The van der Waals surface area contributed by atoms with Crippen LogP contribution in [-0.4, -0.2) is 26.6 Å².